The van der Waals surface area contributed by atoms with Gasteiger partial charge in [0.05, 0.1) is 17.9 Å². The van der Waals surface area contributed by atoms with Gasteiger partial charge in [0.25, 0.3) is 0 Å². The van der Waals surface area contributed by atoms with Crippen LogP contribution in [0.3, 0.4) is 0 Å². The lowest BCUT2D eigenvalue weighted by Crippen LogP contribution is -2.31. The minimum Gasteiger partial charge on any atom is -0.483 e. The number of halogens is 1. The molecule has 1 aromatic heterocycles. The van der Waals surface area contributed by atoms with E-state index in [-0.39, 0.29) is 29.6 Å². The molecule has 1 amide bonds. The van der Waals surface area contributed by atoms with E-state index in [0.717, 1.165) is 19.3 Å². The summed E-state index contributed by atoms with van der Waals surface area (Å²) in [4.78, 5) is 12.3. The van der Waals surface area contributed by atoms with Gasteiger partial charge in [-0.05, 0) is 31.9 Å². The highest BCUT2D eigenvalue weighted by molar-refractivity contribution is 8.00. The second kappa shape index (κ2) is 9.88. The number of thioether (sulfide) groups is 1. The molecule has 2 aromatic rings. The first-order valence-electron chi connectivity index (χ1n) is 9.34. The minimum atomic E-state index is -0.428. The van der Waals surface area contributed by atoms with Crippen molar-refractivity contribution in [3.8, 4) is 5.75 Å². The normalized spacial score (nSPS) is 18.4. The quantitative estimate of drug-likeness (QED) is 0.724. The SMILES string of the molecule is COCC(C)n1c(COc2ccccc2F)nnc1SC1CCCCNC1=O. The van der Waals surface area contributed by atoms with Crippen LogP contribution in [0.4, 0.5) is 4.39 Å². The van der Waals surface area contributed by atoms with Gasteiger partial charge in [0.15, 0.2) is 22.5 Å². The average Bonchev–Trinajstić information content (AvgIpc) is 2.97. The lowest BCUT2D eigenvalue weighted by Gasteiger charge is -2.19. The maximum atomic E-state index is 13.8. The second-order valence-corrected chi connectivity index (χ2v) is 7.86. The number of hydrogen-bond acceptors (Lipinski definition) is 6. The number of benzene rings is 1. The van der Waals surface area contributed by atoms with E-state index in [4.69, 9.17) is 9.47 Å². The Bertz CT molecular complexity index is 801. The number of hydrogen-bond donors (Lipinski definition) is 1. The Balaban J connectivity index is 1.80. The third kappa shape index (κ3) is 5.02. The van der Waals surface area contributed by atoms with E-state index in [1.54, 1.807) is 25.3 Å². The van der Waals surface area contributed by atoms with E-state index in [2.05, 4.69) is 15.5 Å². The molecule has 2 atom stereocenters. The molecule has 3 rings (SSSR count). The van der Waals surface area contributed by atoms with Crippen molar-refractivity contribution >= 4 is 17.7 Å². The zero-order chi connectivity index (χ0) is 19.9. The van der Waals surface area contributed by atoms with Crippen LogP contribution in [0.5, 0.6) is 5.75 Å². The molecule has 0 spiro atoms. The molecule has 0 bridgehead atoms. The molecule has 0 radical (unpaired) electrons. The molecule has 1 N–H and O–H groups in total. The van der Waals surface area contributed by atoms with Crippen LogP contribution in [0.1, 0.15) is 38.1 Å². The lowest BCUT2D eigenvalue weighted by atomic mass is 10.2. The number of nitrogens with zero attached hydrogens (tertiary/aromatic N) is 3. The molecule has 7 nitrogen and oxygen atoms in total. The summed E-state index contributed by atoms with van der Waals surface area (Å²) in [5.41, 5.74) is 0. The zero-order valence-electron chi connectivity index (χ0n) is 16.1. The first-order chi connectivity index (χ1) is 13.6. The summed E-state index contributed by atoms with van der Waals surface area (Å²) in [6.07, 6.45) is 2.77. The van der Waals surface area contributed by atoms with Crippen LogP contribution in [0.2, 0.25) is 0 Å². The first-order valence-corrected chi connectivity index (χ1v) is 10.2. The number of nitrogens with one attached hydrogen (secondary N) is 1. The van der Waals surface area contributed by atoms with E-state index in [1.807, 2.05) is 11.5 Å². The van der Waals surface area contributed by atoms with Crippen molar-refractivity contribution in [1.82, 2.24) is 20.1 Å². The van der Waals surface area contributed by atoms with Crippen molar-refractivity contribution in [3.05, 3.63) is 35.9 Å². The Morgan fingerprint density at radius 3 is 2.96 bits per heavy atom. The van der Waals surface area contributed by atoms with E-state index in [1.165, 1.54) is 17.8 Å². The van der Waals surface area contributed by atoms with Gasteiger partial charge in [0.2, 0.25) is 5.91 Å². The van der Waals surface area contributed by atoms with Crippen LogP contribution in [0, 0.1) is 5.82 Å². The fourth-order valence-corrected chi connectivity index (χ4v) is 4.32. The van der Waals surface area contributed by atoms with Gasteiger partial charge in [-0.25, -0.2) is 4.39 Å². The van der Waals surface area contributed by atoms with Gasteiger partial charge in [-0.3, -0.25) is 9.36 Å². The summed E-state index contributed by atoms with van der Waals surface area (Å²) in [5.74, 6) is 0.321. The fourth-order valence-electron chi connectivity index (χ4n) is 3.10. The summed E-state index contributed by atoms with van der Waals surface area (Å²) in [6.45, 7) is 3.22. The summed E-state index contributed by atoms with van der Waals surface area (Å²) >= 11 is 1.40. The maximum Gasteiger partial charge on any atom is 0.233 e. The third-order valence-corrected chi connectivity index (χ3v) is 5.73. The highest BCUT2D eigenvalue weighted by Crippen LogP contribution is 2.30. The van der Waals surface area contributed by atoms with Crippen LogP contribution in [0.25, 0.3) is 0 Å². The number of methoxy groups -OCH3 is 1. The molecule has 1 aliphatic rings. The van der Waals surface area contributed by atoms with Crippen LogP contribution in [0.15, 0.2) is 29.4 Å². The Kier molecular flexibility index (Phi) is 7.27. The number of para-hydroxylation sites is 1. The summed E-state index contributed by atoms with van der Waals surface area (Å²) in [5, 5.41) is 11.9. The summed E-state index contributed by atoms with van der Waals surface area (Å²) < 4.78 is 26.6. The average molecular weight is 408 g/mol. The monoisotopic (exact) mass is 408 g/mol. The number of carbonyl (C=O) groups is 1. The number of carbonyl (C=O) groups excluding carboxylic acids is 1. The summed E-state index contributed by atoms with van der Waals surface area (Å²) in [6, 6.07) is 6.18. The second-order valence-electron chi connectivity index (χ2n) is 6.69. The maximum absolute atomic E-state index is 13.8. The number of aromatic nitrogens is 3. The van der Waals surface area contributed by atoms with Crippen molar-refractivity contribution in [2.24, 2.45) is 0 Å². The first kappa shape index (κ1) is 20.6. The largest absolute Gasteiger partial charge is 0.483 e. The Morgan fingerprint density at radius 2 is 2.18 bits per heavy atom. The van der Waals surface area contributed by atoms with Gasteiger partial charge in [-0.15, -0.1) is 10.2 Å². The number of amides is 1. The van der Waals surface area contributed by atoms with E-state index < -0.39 is 5.82 Å². The minimum absolute atomic E-state index is 0.0283. The summed E-state index contributed by atoms with van der Waals surface area (Å²) in [7, 11) is 1.63. The Morgan fingerprint density at radius 1 is 1.36 bits per heavy atom. The van der Waals surface area contributed by atoms with Crippen molar-refractivity contribution in [1.29, 1.82) is 0 Å². The topological polar surface area (TPSA) is 78.3 Å². The molecule has 1 saturated heterocycles. The van der Waals surface area contributed by atoms with Crippen molar-refractivity contribution < 1.29 is 18.7 Å². The number of rotatable bonds is 8. The lowest BCUT2D eigenvalue weighted by molar-refractivity contribution is -0.120. The van der Waals surface area contributed by atoms with Gasteiger partial charge in [0, 0.05) is 13.7 Å². The Hall–Kier alpha value is -2.13. The van der Waals surface area contributed by atoms with Gasteiger partial charge >= 0.3 is 0 Å². The standard InChI is InChI=1S/C19H25FN4O3S/c1-13(11-26-2)24-17(12-27-15-8-4-3-7-14(15)20)22-23-19(24)28-16-9-5-6-10-21-18(16)25/h3-4,7-8,13,16H,5-6,9-12H2,1-2H3,(H,21,25). The molecular weight excluding hydrogens is 383 g/mol. The van der Waals surface area contributed by atoms with Crippen molar-refractivity contribution in [2.45, 2.75) is 49.2 Å². The molecule has 2 heterocycles. The van der Waals surface area contributed by atoms with E-state index in [9.17, 15) is 9.18 Å². The van der Waals surface area contributed by atoms with Crippen LogP contribution >= 0.6 is 11.8 Å². The third-order valence-electron chi connectivity index (χ3n) is 4.51. The van der Waals surface area contributed by atoms with E-state index >= 15 is 0 Å². The molecule has 1 aliphatic heterocycles. The van der Waals surface area contributed by atoms with E-state index in [0.29, 0.717) is 24.1 Å². The van der Waals surface area contributed by atoms with Gasteiger partial charge in [-0.2, -0.15) is 0 Å². The molecule has 152 valence electrons. The van der Waals surface area contributed by atoms with Crippen molar-refractivity contribution in [3.63, 3.8) is 0 Å². The highest BCUT2D eigenvalue weighted by atomic mass is 32.2. The van der Waals surface area contributed by atoms with Crippen molar-refractivity contribution in [2.75, 3.05) is 20.3 Å². The molecule has 9 heteroatoms. The molecule has 2 unspecified atom stereocenters. The van der Waals surface area contributed by atoms with Gasteiger partial charge in [0.1, 0.15) is 6.61 Å². The van der Waals surface area contributed by atoms with Gasteiger partial charge < -0.3 is 14.8 Å². The molecule has 0 aliphatic carbocycles. The molecule has 1 aromatic carbocycles. The molecular formula is C19H25FN4O3S. The predicted octanol–water partition coefficient (Wildman–Crippen LogP) is 2.96. The fraction of sp³-hybridized carbons (Fsp3) is 0.526. The highest BCUT2D eigenvalue weighted by Gasteiger charge is 2.27. The van der Waals surface area contributed by atoms with Crippen LogP contribution < -0.4 is 10.1 Å². The molecule has 28 heavy (non-hydrogen) atoms. The molecule has 0 saturated carbocycles. The van der Waals surface area contributed by atoms with Crippen LogP contribution in [-0.4, -0.2) is 46.2 Å². The smallest absolute Gasteiger partial charge is 0.233 e. The number of ether oxygens (including phenoxy) is 2. The zero-order valence-corrected chi connectivity index (χ0v) is 16.9. The Labute approximate surface area is 168 Å². The van der Waals surface area contributed by atoms with Gasteiger partial charge in [-0.1, -0.05) is 30.3 Å². The van der Waals surface area contributed by atoms with Crippen LogP contribution in [-0.2, 0) is 16.1 Å². The molecule has 1 fully saturated rings. The predicted molar refractivity (Wildman–Crippen MR) is 104 cm³/mol.